The molecule has 0 heterocycles. The highest BCUT2D eigenvalue weighted by Gasteiger charge is 1.81. The third kappa shape index (κ3) is 50.0. The molecule has 0 rings (SSSR count). The van der Waals surface area contributed by atoms with Gasteiger partial charge in [0.15, 0.2) is 0 Å². The van der Waals surface area contributed by atoms with E-state index in [2.05, 4.69) is 46.3 Å². The van der Waals surface area contributed by atoms with Crippen molar-refractivity contribution in [1.29, 1.82) is 0 Å². The number of hydrogen-bond acceptors (Lipinski definition) is 2. The molecular weight excluding hydrogens is 200 g/mol. The van der Waals surface area contributed by atoms with Gasteiger partial charge in [-0.1, -0.05) is 54.4 Å². The Morgan fingerprint density at radius 2 is 1.19 bits per heavy atom. The Hall–Kier alpha value is -0.530. The molecule has 16 heavy (non-hydrogen) atoms. The highest BCUT2D eigenvalue weighted by atomic mass is 16.5. The number of esters is 1. The van der Waals surface area contributed by atoms with E-state index in [1.165, 1.54) is 19.8 Å². The van der Waals surface area contributed by atoms with Gasteiger partial charge in [-0.2, -0.15) is 0 Å². The average molecular weight is 232 g/mol. The lowest BCUT2D eigenvalue weighted by Crippen LogP contribution is -1.95. The molecule has 0 unspecified atom stereocenters. The van der Waals surface area contributed by atoms with Gasteiger partial charge in [0, 0.05) is 6.92 Å². The first kappa shape index (κ1) is 20.8. The van der Waals surface area contributed by atoms with Crippen LogP contribution in [-0.2, 0) is 9.53 Å². The van der Waals surface area contributed by atoms with Gasteiger partial charge in [0.2, 0.25) is 0 Å². The molecule has 2 heteroatoms. The Kier molecular flexibility index (Phi) is 22.0. The fraction of sp³-hybridized carbons (Fsp3) is 0.929. The van der Waals surface area contributed by atoms with Crippen LogP contribution in [-0.4, -0.2) is 12.6 Å². The van der Waals surface area contributed by atoms with Gasteiger partial charge in [-0.05, 0) is 18.8 Å². The fourth-order valence-electron chi connectivity index (χ4n) is 0.203. The van der Waals surface area contributed by atoms with Crippen molar-refractivity contribution in [2.24, 2.45) is 11.8 Å². The molecule has 0 saturated heterocycles. The maximum atomic E-state index is 9.82. The van der Waals surface area contributed by atoms with E-state index in [4.69, 9.17) is 0 Å². The van der Waals surface area contributed by atoms with Crippen LogP contribution in [0.5, 0.6) is 0 Å². The zero-order chi connectivity index (χ0) is 13.6. The molecule has 0 saturated carbocycles. The normalized spacial score (nSPS) is 8.88. The molecule has 0 aromatic carbocycles. The summed E-state index contributed by atoms with van der Waals surface area (Å²) in [6, 6.07) is 0. The van der Waals surface area contributed by atoms with Crippen molar-refractivity contribution in [1.82, 2.24) is 0 Å². The van der Waals surface area contributed by atoms with E-state index in [0.29, 0.717) is 6.61 Å². The minimum Gasteiger partial charge on any atom is -0.466 e. The van der Waals surface area contributed by atoms with Crippen molar-refractivity contribution in [3.8, 4) is 0 Å². The molecule has 0 fully saturated rings. The lowest BCUT2D eigenvalue weighted by molar-refractivity contribution is -0.140. The lowest BCUT2D eigenvalue weighted by atomic mass is 10.2. The largest absolute Gasteiger partial charge is 0.466 e. The number of rotatable bonds is 3. The fourth-order valence-corrected chi connectivity index (χ4v) is 0.203. The summed E-state index contributed by atoms with van der Waals surface area (Å²) in [4.78, 5) is 9.82. The van der Waals surface area contributed by atoms with Crippen LogP contribution >= 0.6 is 0 Å². The Morgan fingerprint density at radius 1 is 0.938 bits per heavy atom. The molecule has 100 valence electrons. The van der Waals surface area contributed by atoms with E-state index < -0.39 is 0 Å². The van der Waals surface area contributed by atoms with E-state index >= 15 is 0 Å². The minimum atomic E-state index is -0.211. The van der Waals surface area contributed by atoms with Crippen LogP contribution in [0, 0.1) is 11.8 Å². The minimum absolute atomic E-state index is 0.211. The van der Waals surface area contributed by atoms with Gasteiger partial charge in [-0.3, -0.25) is 4.79 Å². The summed E-state index contributed by atoms with van der Waals surface area (Å²) < 4.78 is 4.40. The van der Waals surface area contributed by atoms with Gasteiger partial charge < -0.3 is 4.74 Å². The van der Waals surface area contributed by atoms with Gasteiger partial charge in [0.25, 0.3) is 0 Å². The topological polar surface area (TPSA) is 26.3 Å². The third-order valence-electron chi connectivity index (χ3n) is 1.98. The van der Waals surface area contributed by atoms with Gasteiger partial charge in [-0.25, -0.2) is 0 Å². The van der Waals surface area contributed by atoms with Crippen molar-refractivity contribution in [3.63, 3.8) is 0 Å². The molecule has 0 radical (unpaired) electrons. The SMILES string of the molecule is CCC(C)C.CCC(C)C.CCOC(C)=O. The number of hydrogen-bond donors (Lipinski definition) is 0. The summed E-state index contributed by atoms with van der Waals surface area (Å²) in [5, 5.41) is 0. The van der Waals surface area contributed by atoms with Gasteiger partial charge >= 0.3 is 5.97 Å². The molecular formula is C14H32O2. The lowest BCUT2D eigenvalue weighted by Gasteiger charge is -1.90. The molecule has 2 nitrogen and oxygen atoms in total. The standard InChI is InChI=1S/2C5H12.C4H8O2/c2*1-4-5(2)3;1-3-6-4(2)5/h2*5H,4H2,1-3H3;3H2,1-2H3. The zero-order valence-corrected chi connectivity index (χ0v) is 12.6. The predicted molar refractivity (Wildman–Crippen MR) is 72.6 cm³/mol. The van der Waals surface area contributed by atoms with Crippen LogP contribution in [0.1, 0.15) is 68.2 Å². The summed E-state index contributed by atoms with van der Waals surface area (Å²) >= 11 is 0. The molecule has 0 aliphatic heterocycles. The zero-order valence-electron chi connectivity index (χ0n) is 12.6. The monoisotopic (exact) mass is 232 g/mol. The van der Waals surface area contributed by atoms with Crippen LogP contribution in [0.3, 0.4) is 0 Å². The quantitative estimate of drug-likeness (QED) is 0.661. The van der Waals surface area contributed by atoms with E-state index in [0.717, 1.165) is 11.8 Å². The third-order valence-corrected chi connectivity index (χ3v) is 1.98. The number of carbonyl (C=O) groups excluding carboxylic acids is 1. The summed E-state index contributed by atoms with van der Waals surface area (Å²) in [6.45, 7) is 16.9. The molecule has 0 aromatic heterocycles. The smallest absolute Gasteiger partial charge is 0.302 e. The summed E-state index contributed by atoms with van der Waals surface area (Å²) in [7, 11) is 0. The van der Waals surface area contributed by atoms with E-state index in [1.54, 1.807) is 6.92 Å². The molecule has 0 aliphatic carbocycles. The highest BCUT2D eigenvalue weighted by molar-refractivity contribution is 5.65. The second-order valence-electron chi connectivity index (χ2n) is 4.53. The van der Waals surface area contributed by atoms with Crippen molar-refractivity contribution in [2.75, 3.05) is 6.61 Å². The Morgan fingerprint density at radius 3 is 1.19 bits per heavy atom. The first-order valence-corrected chi connectivity index (χ1v) is 6.44. The first-order valence-electron chi connectivity index (χ1n) is 6.44. The first-order chi connectivity index (χ1) is 7.31. The molecule has 0 bridgehead atoms. The molecule has 0 aromatic rings. The van der Waals surface area contributed by atoms with Gasteiger partial charge in [-0.15, -0.1) is 0 Å². The van der Waals surface area contributed by atoms with Crippen LogP contribution < -0.4 is 0 Å². The summed E-state index contributed by atoms with van der Waals surface area (Å²) in [6.07, 6.45) is 2.61. The number of ether oxygens (including phenoxy) is 1. The Bertz CT molecular complexity index is 121. The van der Waals surface area contributed by atoms with E-state index in [9.17, 15) is 4.79 Å². The average Bonchev–Trinajstić information content (AvgIpc) is 2.19. The highest BCUT2D eigenvalue weighted by Crippen LogP contribution is 1.94. The summed E-state index contributed by atoms with van der Waals surface area (Å²) in [5.41, 5.74) is 0. The van der Waals surface area contributed by atoms with Crippen molar-refractivity contribution in [3.05, 3.63) is 0 Å². The second kappa shape index (κ2) is 16.9. The van der Waals surface area contributed by atoms with Gasteiger partial charge in [0.05, 0.1) is 6.61 Å². The van der Waals surface area contributed by atoms with Crippen LogP contribution in [0.15, 0.2) is 0 Å². The van der Waals surface area contributed by atoms with Crippen molar-refractivity contribution >= 4 is 5.97 Å². The number of carbonyl (C=O) groups is 1. The van der Waals surface area contributed by atoms with Crippen LogP contribution in [0.25, 0.3) is 0 Å². The van der Waals surface area contributed by atoms with Crippen molar-refractivity contribution < 1.29 is 9.53 Å². The van der Waals surface area contributed by atoms with Crippen LogP contribution in [0.2, 0.25) is 0 Å². The molecule has 0 atom stereocenters. The summed E-state index contributed by atoms with van der Waals surface area (Å²) in [5.74, 6) is 1.56. The van der Waals surface area contributed by atoms with E-state index in [-0.39, 0.29) is 5.97 Å². The van der Waals surface area contributed by atoms with E-state index in [1.807, 2.05) is 0 Å². The maximum Gasteiger partial charge on any atom is 0.302 e. The predicted octanol–water partition coefficient (Wildman–Crippen LogP) is 4.67. The Balaban J connectivity index is -0.000000160. The Labute approximate surface area is 103 Å². The van der Waals surface area contributed by atoms with Crippen LogP contribution in [0.4, 0.5) is 0 Å². The molecule has 0 N–H and O–H groups in total. The van der Waals surface area contributed by atoms with Gasteiger partial charge in [0.1, 0.15) is 0 Å². The molecule has 0 spiro atoms. The molecule has 0 aliphatic rings. The molecule has 0 amide bonds. The van der Waals surface area contributed by atoms with Crippen molar-refractivity contribution in [2.45, 2.75) is 68.2 Å². The maximum absolute atomic E-state index is 9.82. The second-order valence-corrected chi connectivity index (χ2v) is 4.53.